The van der Waals surface area contributed by atoms with E-state index in [1.54, 1.807) is 12.3 Å². The van der Waals surface area contributed by atoms with Crippen molar-refractivity contribution in [1.29, 1.82) is 0 Å². The summed E-state index contributed by atoms with van der Waals surface area (Å²) in [4.78, 5) is 25.4. The Kier molecular flexibility index (Phi) is 7.38. The van der Waals surface area contributed by atoms with Crippen LogP contribution in [-0.4, -0.2) is 42.6 Å². The lowest BCUT2D eigenvalue weighted by Crippen LogP contribution is -2.23. The standard InChI is InChI=1S/C20H29N5O/c1-5-8-15-24(4)20-21-14-13-18(23-20)19(26)22-16-9-11-17(12-10-16)25(6-2)7-3/h9-14H,5-8,15H2,1-4H3,(H,22,26). The molecule has 1 heterocycles. The first kappa shape index (κ1) is 19.7. The Morgan fingerprint density at radius 2 is 1.77 bits per heavy atom. The first-order valence-electron chi connectivity index (χ1n) is 9.29. The quantitative estimate of drug-likeness (QED) is 0.741. The number of nitrogens with one attached hydrogen (secondary N) is 1. The van der Waals surface area contributed by atoms with Crippen molar-refractivity contribution in [3.63, 3.8) is 0 Å². The number of benzene rings is 1. The monoisotopic (exact) mass is 355 g/mol. The molecule has 1 aromatic heterocycles. The van der Waals surface area contributed by atoms with Crippen LogP contribution in [0.15, 0.2) is 36.5 Å². The predicted octanol–water partition coefficient (Wildman–Crippen LogP) is 3.81. The van der Waals surface area contributed by atoms with E-state index in [-0.39, 0.29) is 5.91 Å². The van der Waals surface area contributed by atoms with Crippen molar-refractivity contribution in [3.8, 4) is 0 Å². The molecule has 0 bridgehead atoms. The number of unbranched alkanes of at least 4 members (excludes halogenated alkanes) is 1. The molecule has 0 aliphatic rings. The van der Waals surface area contributed by atoms with Crippen LogP contribution in [0.1, 0.15) is 44.1 Å². The summed E-state index contributed by atoms with van der Waals surface area (Å²) < 4.78 is 0. The fourth-order valence-electron chi connectivity index (χ4n) is 2.69. The number of aromatic nitrogens is 2. The molecule has 26 heavy (non-hydrogen) atoms. The number of rotatable bonds is 9. The van der Waals surface area contributed by atoms with Gasteiger partial charge in [-0.15, -0.1) is 0 Å². The zero-order chi connectivity index (χ0) is 18.9. The van der Waals surface area contributed by atoms with Gasteiger partial charge in [-0.3, -0.25) is 4.79 Å². The molecule has 0 saturated heterocycles. The minimum absolute atomic E-state index is 0.229. The third kappa shape index (κ3) is 5.18. The maximum atomic E-state index is 12.5. The fraction of sp³-hybridized carbons (Fsp3) is 0.450. The van der Waals surface area contributed by atoms with Gasteiger partial charge in [0.25, 0.3) is 5.91 Å². The van der Waals surface area contributed by atoms with Gasteiger partial charge in [0.1, 0.15) is 5.69 Å². The maximum Gasteiger partial charge on any atom is 0.274 e. The van der Waals surface area contributed by atoms with Gasteiger partial charge in [-0.25, -0.2) is 9.97 Å². The summed E-state index contributed by atoms with van der Waals surface area (Å²) in [6, 6.07) is 9.51. The molecule has 0 aliphatic carbocycles. The van der Waals surface area contributed by atoms with Gasteiger partial charge in [-0.2, -0.15) is 0 Å². The first-order chi connectivity index (χ1) is 12.6. The molecule has 6 heteroatoms. The molecule has 0 radical (unpaired) electrons. The highest BCUT2D eigenvalue weighted by atomic mass is 16.1. The number of amides is 1. The smallest absolute Gasteiger partial charge is 0.274 e. The first-order valence-corrected chi connectivity index (χ1v) is 9.29. The lowest BCUT2D eigenvalue weighted by atomic mass is 10.2. The second-order valence-electron chi connectivity index (χ2n) is 6.19. The topological polar surface area (TPSA) is 61.4 Å². The van der Waals surface area contributed by atoms with E-state index >= 15 is 0 Å². The second kappa shape index (κ2) is 9.75. The van der Waals surface area contributed by atoms with Crippen molar-refractivity contribution in [2.45, 2.75) is 33.6 Å². The van der Waals surface area contributed by atoms with Crippen LogP contribution in [0.5, 0.6) is 0 Å². The van der Waals surface area contributed by atoms with Crippen LogP contribution in [0.3, 0.4) is 0 Å². The highest BCUT2D eigenvalue weighted by Gasteiger charge is 2.12. The van der Waals surface area contributed by atoms with Crippen LogP contribution in [0.4, 0.5) is 17.3 Å². The van der Waals surface area contributed by atoms with Gasteiger partial charge in [0, 0.05) is 44.3 Å². The third-order valence-electron chi connectivity index (χ3n) is 4.32. The Morgan fingerprint density at radius 3 is 2.38 bits per heavy atom. The Bertz CT molecular complexity index is 698. The van der Waals surface area contributed by atoms with Gasteiger partial charge >= 0.3 is 0 Å². The van der Waals surface area contributed by atoms with Crippen molar-refractivity contribution in [2.75, 3.05) is 41.8 Å². The molecule has 140 valence electrons. The number of carbonyl (C=O) groups excluding carboxylic acids is 1. The van der Waals surface area contributed by atoms with Crippen LogP contribution < -0.4 is 15.1 Å². The van der Waals surface area contributed by atoms with Crippen LogP contribution in [0.2, 0.25) is 0 Å². The molecule has 1 aromatic carbocycles. The highest BCUT2D eigenvalue weighted by molar-refractivity contribution is 6.03. The highest BCUT2D eigenvalue weighted by Crippen LogP contribution is 2.18. The minimum Gasteiger partial charge on any atom is -0.372 e. The molecular weight excluding hydrogens is 326 g/mol. The van der Waals surface area contributed by atoms with E-state index in [1.807, 2.05) is 36.2 Å². The second-order valence-corrected chi connectivity index (χ2v) is 6.19. The Hall–Kier alpha value is -2.63. The van der Waals surface area contributed by atoms with E-state index in [0.717, 1.165) is 43.9 Å². The van der Waals surface area contributed by atoms with Crippen molar-refractivity contribution in [2.24, 2.45) is 0 Å². The molecule has 2 aromatic rings. The SMILES string of the molecule is CCCCN(C)c1nccc(C(=O)Nc2ccc(N(CC)CC)cc2)n1. The molecule has 0 fully saturated rings. The van der Waals surface area contributed by atoms with Gasteiger partial charge < -0.3 is 15.1 Å². The van der Waals surface area contributed by atoms with Gasteiger partial charge in [-0.05, 0) is 50.6 Å². The van der Waals surface area contributed by atoms with Crippen LogP contribution >= 0.6 is 0 Å². The molecule has 0 spiro atoms. The van der Waals surface area contributed by atoms with E-state index < -0.39 is 0 Å². The fourth-order valence-corrected chi connectivity index (χ4v) is 2.69. The van der Waals surface area contributed by atoms with Crippen LogP contribution in [-0.2, 0) is 0 Å². The van der Waals surface area contributed by atoms with Crippen molar-refractivity contribution in [3.05, 3.63) is 42.2 Å². The normalized spacial score (nSPS) is 10.5. The number of hydrogen-bond donors (Lipinski definition) is 1. The van der Waals surface area contributed by atoms with E-state index in [1.165, 1.54) is 0 Å². The van der Waals surface area contributed by atoms with Gasteiger partial charge in [0.05, 0.1) is 0 Å². The number of hydrogen-bond acceptors (Lipinski definition) is 5. The van der Waals surface area contributed by atoms with Gasteiger partial charge in [-0.1, -0.05) is 13.3 Å². The summed E-state index contributed by atoms with van der Waals surface area (Å²) in [6.07, 6.45) is 3.80. The van der Waals surface area contributed by atoms with Crippen LogP contribution in [0.25, 0.3) is 0 Å². The van der Waals surface area contributed by atoms with E-state index in [4.69, 9.17) is 0 Å². The largest absolute Gasteiger partial charge is 0.372 e. The summed E-state index contributed by atoms with van der Waals surface area (Å²) in [7, 11) is 1.94. The molecule has 0 aliphatic heterocycles. The Labute approximate surface area is 156 Å². The molecule has 0 saturated carbocycles. The number of anilines is 3. The molecular formula is C20H29N5O. The predicted molar refractivity (Wildman–Crippen MR) is 108 cm³/mol. The summed E-state index contributed by atoms with van der Waals surface area (Å²) in [5.41, 5.74) is 2.27. The number of carbonyl (C=O) groups is 1. The van der Waals surface area contributed by atoms with Crippen molar-refractivity contribution >= 4 is 23.2 Å². The lowest BCUT2D eigenvalue weighted by molar-refractivity contribution is 0.102. The summed E-state index contributed by atoms with van der Waals surface area (Å²) in [5.74, 6) is 0.344. The summed E-state index contributed by atoms with van der Waals surface area (Å²) in [6.45, 7) is 9.18. The van der Waals surface area contributed by atoms with E-state index in [2.05, 4.69) is 41.0 Å². The minimum atomic E-state index is -0.229. The summed E-state index contributed by atoms with van der Waals surface area (Å²) in [5, 5.41) is 2.90. The Balaban J connectivity index is 2.05. The van der Waals surface area contributed by atoms with Crippen molar-refractivity contribution < 1.29 is 4.79 Å². The third-order valence-corrected chi connectivity index (χ3v) is 4.32. The lowest BCUT2D eigenvalue weighted by Gasteiger charge is -2.21. The van der Waals surface area contributed by atoms with Gasteiger partial charge in [0.15, 0.2) is 0 Å². The Morgan fingerprint density at radius 1 is 1.08 bits per heavy atom. The molecule has 0 atom stereocenters. The zero-order valence-electron chi connectivity index (χ0n) is 16.2. The average molecular weight is 355 g/mol. The maximum absolute atomic E-state index is 12.5. The van der Waals surface area contributed by atoms with Gasteiger partial charge in [0.2, 0.25) is 5.95 Å². The molecule has 1 N–H and O–H groups in total. The molecule has 2 rings (SSSR count). The van der Waals surface area contributed by atoms with Crippen LogP contribution in [0, 0.1) is 0 Å². The van der Waals surface area contributed by atoms with E-state index in [9.17, 15) is 4.79 Å². The zero-order valence-corrected chi connectivity index (χ0v) is 16.2. The molecule has 1 amide bonds. The van der Waals surface area contributed by atoms with Crippen molar-refractivity contribution in [1.82, 2.24) is 9.97 Å². The molecule has 6 nitrogen and oxygen atoms in total. The summed E-state index contributed by atoms with van der Waals surface area (Å²) >= 11 is 0. The molecule has 0 unspecified atom stereocenters. The number of nitrogens with zero attached hydrogens (tertiary/aromatic N) is 4. The van der Waals surface area contributed by atoms with E-state index in [0.29, 0.717) is 11.6 Å². The average Bonchev–Trinajstić information content (AvgIpc) is 2.68.